The maximum Gasteiger partial charge on any atom is 0.418 e. The van der Waals surface area contributed by atoms with Gasteiger partial charge in [-0.15, -0.1) is 15.6 Å². The minimum absolute atomic E-state index is 0.123. The van der Waals surface area contributed by atoms with Crippen LogP contribution in [-0.2, 0) is 40.3 Å². The van der Waals surface area contributed by atoms with Crippen LogP contribution in [0, 0.1) is 12.3 Å². The molecule has 18 heteroatoms. The normalized spacial score (nSPS) is 22.3. The minimum Gasteiger partial charge on any atom is -0.485 e. The molecule has 5 rings (SSSR count). The number of Topliss-reactive ketones (excluding diaryl/α,β-unsaturated/α-hetero) is 1. The summed E-state index contributed by atoms with van der Waals surface area (Å²) in [6.45, 7) is 9.00. The van der Waals surface area contributed by atoms with Crippen LogP contribution in [0.4, 0.5) is 0 Å². The highest BCUT2D eigenvalue weighted by molar-refractivity contribution is 7.80. The van der Waals surface area contributed by atoms with Crippen molar-refractivity contribution in [3.8, 4) is 5.75 Å². The van der Waals surface area contributed by atoms with Gasteiger partial charge in [-0.25, -0.2) is 4.98 Å². The molecule has 5 N–H and O–H groups in total. The van der Waals surface area contributed by atoms with Crippen LogP contribution in [0.15, 0.2) is 28.7 Å². The number of amidine groups is 1. The predicted octanol–water partition coefficient (Wildman–Crippen LogP) is 0.640. The Morgan fingerprint density at radius 2 is 2.02 bits per heavy atom. The van der Waals surface area contributed by atoms with E-state index in [1.54, 1.807) is 24.4 Å². The van der Waals surface area contributed by atoms with Crippen molar-refractivity contribution in [1.82, 2.24) is 26.0 Å². The van der Waals surface area contributed by atoms with Gasteiger partial charge in [0, 0.05) is 24.0 Å². The highest BCUT2D eigenvalue weighted by Crippen LogP contribution is 2.35. The molecular weight excluding hydrogens is 642 g/mol. The number of β-lactam (4-membered cyclic amide) rings is 1. The van der Waals surface area contributed by atoms with Gasteiger partial charge >= 0.3 is 10.4 Å². The first-order valence-corrected chi connectivity index (χ1v) is 16.6. The molecule has 2 saturated heterocycles. The summed E-state index contributed by atoms with van der Waals surface area (Å²) >= 11 is 1.24. The van der Waals surface area contributed by atoms with Crippen LogP contribution in [-0.4, -0.2) is 94.6 Å². The third kappa shape index (κ3) is 6.61. The lowest BCUT2D eigenvalue weighted by atomic mass is 9.84. The van der Waals surface area contributed by atoms with Crippen LogP contribution in [0.3, 0.4) is 0 Å². The Bertz CT molecular complexity index is 1720. The van der Waals surface area contributed by atoms with Gasteiger partial charge in [0.05, 0.1) is 16.6 Å². The van der Waals surface area contributed by atoms with Crippen molar-refractivity contribution in [2.75, 3.05) is 13.1 Å². The predicted molar refractivity (Wildman–Crippen MR) is 165 cm³/mol. The molecule has 2 amide bonds. The van der Waals surface area contributed by atoms with Crippen molar-refractivity contribution in [2.45, 2.75) is 76.8 Å². The molecule has 46 heavy (non-hydrogen) atoms. The fraction of sp³-hybridized carbons (Fsp3) is 0.500. The number of ether oxygens (including phenoxy) is 1. The molecule has 2 fully saturated rings. The number of nitrogens with one attached hydrogen (secondary N) is 4. The van der Waals surface area contributed by atoms with Crippen molar-refractivity contribution in [3.05, 3.63) is 45.4 Å². The Morgan fingerprint density at radius 3 is 2.59 bits per heavy atom. The molecule has 3 aliphatic rings. The lowest BCUT2D eigenvalue weighted by Gasteiger charge is -2.50. The smallest absolute Gasteiger partial charge is 0.418 e. The molecule has 0 spiro atoms. The number of benzene rings is 1. The van der Waals surface area contributed by atoms with Crippen molar-refractivity contribution in [2.24, 2.45) is 5.16 Å². The molecule has 3 atom stereocenters. The summed E-state index contributed by atoms with van der Waals surface area (Å²) in [5, 5.41) is 23.9. The average molecular weight is 678 g/mol. The third-order valence-electron chi connectivity index (χ3n) is 8.26. The number of carbonyl (C=O) groups excluding carboxylic acids is 3. The first-order chi connectivity index (χ1) is 21.5. The van der Waals surface area contributed by atoms with Crippen LogP contribution >= 0.6 is 11.3 Å². The maximum atomic E-state index is 13.5. The number of hydroxylamine groups is 2. The number of aromatic nitrogens is 1. The monoisotopic (exact) mass is 677 g/mol. The van der Waals surface area contributed by atoms with Crippen molar-refractivity contribution >= 4 is 50.9 Å². The van der Waals surface area contributed by atoms with Crippen molar-refractivity contribution in [3.63, 3.8) is 0 Å². The first kappa shape index (κ1) is 33.4. The molecule has 0 bridgehead atoms. The van der Waals surface area contributed by atoms with Gasteiger partial charge in [0.1, 0.15) is 29.4 Å². The van der Waals surface area contributed by atoms with Crippen molar-refractivity contribution < 1.29 is 41.2 Å². The molecule has 248 valence electrons. The summed E-state index contributed by atoms with van der Waals surface area (Å²) in [6.07, 6.45) is 0.119. The fourth-order valence-electron chi connectivity index (χ4n) is 5.20. The maximum absolute atomic E-state index is 13.5. The van der Waals surface area contributed by atoms with Crippen LogP contribution in [0.25, 0.3) is 0 Å². The lowest BCUT2D eigenvalue weighted by Crippen LogP contribution is -2.76. The summed E-state index contributed by atoms with van der Waals surface area (Å²) in [5.74, 6) is -1.37. The van der Waals surface area contributed by atoms with Gasteiger partial charge < -0.3 is 25.5 Å². The Hall–Kier alpha value is -3.97. The van der Waals surface area contributed by atoms with Crippen LogP contribution in [0.1, 0.15) is 55.9 Å². The van der Waals surface area contributed by atoms with E-state index in [1.165, 1.54) is 39.0 Å². The molecule has 3 aliphatic heterocycles. The van der Waals surface area contributed by atoms with E-state index in [2.05, 4.69) is 30.4 Å². The van der Waals surface area contributed by atoms with Gasteiger partial charge in [-0.1, -0.05) is 5.16 Å². The Morgan fingerprint density at radius 1 is 1.30 bits per heavy atom. The van der Waals surface area contributed by atoms with E-state index in [1.807, 2.05) is 6.07 Å². The highest BCUT2D eigenvalue weighted by atomic mass is 32.3. The van der Waals surface area contributed by atoms with Crippen LogP contribution in [0.5, 0.6) is 5.75 Å². The van der Waals surface area contributed by atoms with Crippen LogP contribution in [0.2, 0.25) is 0 Å². The van der Waals surface area contributed by atoms with Crippen LogP contribution < -0.4 is 20.7 Å². The number of amides is 2. The second-order valence-electron chi connectivity index (χ2n) is 12.0. The van der Waals surface area contributed by atoms with Gasteiger partial charge in [0.2, 0.25) is 5.60 Å². The van der Waals surface area contributed by atoms with E-state index in [0.29, 0.717) is 34.5 Å². The number of fused-ring (bicyclic) bond motifs is 1. The Kier molecular flexibility index (Phi) is 8.95. The van der Waals surface area contributed by atoms with Gasteiger partial charge in [0.25, 0.3) is 11.8 Å². The number of ketones is 1. The minimum atomic E-state index is -4.99. The summed E-state index contributed by atoms with van der Waals surface area (Å²) < 4.78 is 41.9. The number of carbonyl (C=O) groups is 3. The van der Waals surface area contributed by atoms with Crippen molar-refractivity contribution in [1.29, 1.82) is 5.41 Å². The van der Waals surface area contributed by atoms with E-state index in [0.717, 1.165) is 24.2 Å². The van der Waals surface area contributed by atoms with E-state index in [9.17, 15) is 22.8 Å². The standard InChI is InChI=1S/C28H35N7O9S2/c1-14(36)28(5,21-9-7-16-10-17(6-8-20(16)42-21)24(29)32-18-11-30-12-18)43-34-22(19-13-45-15(2)31-19)25(37)33-23-26(38)35(27(23,3)4)44-46(39,40)41/h6,8,10,13,18,21,23,30H,7,9,11-12H2,1-5H3,(H2,29,32)(H,33,37)(H,39,40,41)/b34-22-/t21-,23-,28-/m1/s1. The summed E-state index contributed by atoms with van der Waals surface area (Å²) in [5.41, 5.74) is -1.62. The quantitative estimate of drug-likeness (QED) is 0.0727. The molecule has 0 aliphatic carbocycles. The topological polar surface area (TPSA) is 222 Å². The summed E-state index contributed by atoms with van der Waals surface area (Å²) in [7, 11) is -4.99. The largest absolute Gasteiger partial charge is 0.485 e. The van der Waals surface area contributed by atoms with E-state index >= 15 is 0 Å². The first-order valence-electron chi connectivity index (χ1n) is 14.4. The van der Waals surface area contributed by atoms with E-state index in [4.69, 9.17) is 19.5 Å². The zero-order valence-electron chi connectivity index (χ0n) is 25.7. The molecule has 16 nitrogen and oxygen atoms in total. The summed E-state index contributed by atoms with van der Waals surface area (Å²) in [4.78, 5) is 49.3. The second kappa shape index (κ2) is 12.3. The van der Waals surface area contributed by atoms with Gasteiger partial charge in [0.15, 0.2) is 11.5 Å². The zero-order valence-corrected chi connectivity index (χ0v) is 27.4. The molecule has 4 heterocycles. The molecule has 1 aromatic heterocycles. The van der Waals surface area contributed by atoms with Gasteiger partial charge in [-0.05, 0) is 71.2 Å². The number of nitrogens with zero attached hydrogens (tertiary/aromatic N) is 3. The fourth-order valence-corrected chi connectivity index (χ4v) is 6.25. The highest BCUT2D eigenvalue weighted by Gasteiger charge is 2.58. The molecule has 1 aromatic carbocycles. The van der Waals surface area contributed by atoms with Gasteiger partial charge in [-0.2, -0.15) is 13.5 Å². The second-order valence-corrected chi connectivity index (χ2v) is 14.1. The SMILES string of the molecule is CC(=O)[C@@](C)(O/N=C(\C(=O)N[C@@H]1C(=O)N(OS(=O)(=O)O)C1(C)C)c1csc(C)n1)[C@H]1CCc2cc(C(=N)NC3CNC3)ccc2O1. The van der Waals surface area contributed by atoms with Gasteiger partial charge in [-0.3, -0.25) is 24.3 Å². The number of hydrogen-bond acceptors (Lipinski definition) is 13. The number of thiazole rings is 1. The zero-order chi connectivity index (χ0) is 33.6. The Balaban J connectivity index is 1.35. The number of rotatable bonds is 11. The van der Waals surface area contributed by atoms with E-state index in [-0.39, 0.29) is 17.4 Å². The number of hydrogen-bond donors (Lipinski definition) is 5. The molecule has 2 aromatic rings. The Labute approximate surface area is 269 Å². The third-order valence-corrected chi connectivity index (χ3v) is 9.37. The number of oxime groups is 1. The average Bonchev–Trinajstić information content (AvgIpc) is 3.40. The number of aryl methyl sites for hydroxylation is 2. The van der Waals surface area contributed by atoms with E-state index < -0.39 is 51.3 Å². The molecular formula is C28H35N7O9S2. The molecule has 0 unspecified atom stereocenters. The summed E-state index contributed by atoms with van der Waals surface area (Å²) in [6, 6.07) is 4.36. The molecule has 0 radical (unpaired) electrons. The molecule has 0 saturated carbocycles. The lowest BCUT2D eigenvalue weighted by molar-refractivity contribution is -0.218.